The number of aromatic nitrogens is 3. The second-order valence-corrected chi connectivity index (χ2v) is 5.49. The molecular formula is C16H19N5O3. The summed E-state index contributed by atoms with van der Waals surface area (Å²) in [5, 5.41) is 2.55. The van der Waals surface area contributed by atoms with E-state index in [1.807, 2.05) is 0 Å². The molecule has 0 radical (unpaired) electrons. The van der Waals surface area contributed by atoms with Gasteiger partial charge in [-0.1, -0.05) is 0 Å². The lowest BCUT2D eigenvalue weighted by Crippen LogP contribution is -2.43. The van der Waals surface area contributed by atoms with Crippen molar-refractivity contribution in [2.75, 3.05) is 26.7 Å². The minimum atomic E-state index is -0.288. The van der Waals surface area contributed by atoms with Crippen LogP contribution in [0.25, 0.3) is 0 Å². The molecule has 2 amide bonds. The smallest absolute Gasteiger partial charge is 0.252 e. The van der Waals surface area contributed by atoms with E-state index in [9.17, 15) is 9.59 Å². The first-order valence-corrected chi connectivity index (χ1v) is 7.70. The number of imidazole rings is 1. The van der Waals surface area contributed by atoms with Crippen LogP contribution in [-0.2, 0) is 16.1 Å². The van der Waals surface area contributed by atoms with Crippen LogP contribution in [0.4, 0.5) is 0 Å². The molecular weight excluding hydrogens is 310 g/mol. The average molecular weight is 329 g/mol. The van der Waals surface area contributed by atoms with E-state index >= 15 is 0 Å². The zero-order chi connectivity index (χ0) is 16.9. The number of rotatable bonds is 4. The van der Waals surface area contributed by atoms with Crippen molar-refractivity contribution in [3.63, 3.8) is 0 Å². The molecule has 2 aromatic rings. The lowest BCUT2D eigenvalue weighted by atomic mass is 10.1. The normalized spacial score (nSPS) is 17.5. The maximum Gasteiger partial charge on any atom is 0.252 e. The molecule has 1 atom stereocenters. The van der Waals surface area contributed by atoms with Crippen molar-refractivity contribution < 1.29 is 14.3 Å². The third-order valence-electron chi connectivity index (χ3n) is 3.90. The minimum Gasteiger partial charge on any atom is -0.368 e. The van der Waals surface area contributed by atoms with Gasteiger partial charge in [0.15, 0.2) is 0 Å². The SMILES string of the molecule is CNC(=O)c1ccc(C2CN(C(=O)Cn3ccnc3)CCO2)nc1. The number of ether oxygens (including phenoxy) is 1. The largest absolute Gasteiger partial charge is 0.368 e. The summed E-state index contributed by atoms with van der Waals surface area (Å²) >= 11 is 0. The Kier molecular flexibility index (Phi) is 4.85. The third-order valence-corrected chi connectivity index (χ3v) is 3.90. The lowest BCUT2D eigenvalue weighted by Gasteiger charge is -2.32. The van der Waals surface area contributed by atoms with Gasteiger partial charge in [-0.25, -0.2) is 4.98 Å². The number of hydrogen-bond acceptors (Lipinski definition) is 5. The highest BCUT2D eigenvalue weighted by Gasteiger charge is 2.26. The first-order chi connectivity index (χ1) is 11.7. The Bertz CT molecular complexity index is 699. The van der Waals surface area contributed by atoms with Gasteiger partial charge >= 0.3 is 0 Å². The van der Waals surface area contributed by atoms with Crippen LogP contribution in [-0.4, -0.2) is 58.0 Å². The fourth-order valence-electron chi connectivity index (χ4n) is 2.57. The molecule has 0 bridgehead atoms. The van der Waals surface area contributed by atoms with Crippen LogP contribution in [0.1, 0.15) is 22.2 Å². The predicted octanol–water partition coefficient (Wildman–Crippen LogP) is 0.238. The fraction of sp³-hybridized carbons (Fsp3) is 0.375. The van der Waals surface area contributed by atoms with Gasteiger partial charge < -0.3 is 19.5 Å². The highest BCUT2D eigenvalue weighted by molar-refractivity contribution is 5.93. The molecule has 2 aromatic heterocycles. The molecule has 8 heteroatoms. The fourth-order valence-corrected chi connectivity index (χ4v) is 2.57. The monoisotopic (exact) mass is 329 g/mol. The van der Waals surface area contributed by atoms with Crippen LogP contribution in [0, 0.1) is 0 Å². The minimum absolute atomic E-state index is 0.0169. The van der Waals surface area contributed by atoms with Gasteiger partial charge in [-0.05, 0) is 12.1 Å². The van der Waals surface area contributed by atoms with Crippen molar-refractivity contribution in [1.29, 1.82) is 0 Å². The topological polar surface area (TPSA) is 89.4 Å². The zero-order valence-corrected chi connectivity index (χ0v) is 13.4. The molecule has 1 unspecified atom stereocenters. The molecule has 1 aliphatic rings. The molecule has 0 aliphatic carbocycles. The second-order valence-electron chi connectivity index (χ2n) is 5.49. The summed E-state index contributed by atoms with van der Waals surface area (Å²) in [6.07, 6.45) is 6.25. The number of carbonyl (C=O) groups is 2. The van der Waals surface area contributed by atoms with Crippen molar-refractivity contribution in [1.82, 2.24) is 24.8 Å². The van der Waals surface area contributed by atoms with Crippen molar-refractivity contribution in [3.05, 3.63) is 48.3 Å². The Morgan fingerprint density at radius 3 is 2.96 bits per heavy atom. The van der Waals surface area contributed by atoms with Crippen LogP contribution in [0.3, 0.4) is 0 Å². The molecule has 0 saturated carbocycles. The molecule has 24 heavy (non-hydrogen) atoms. The van der Waals surface area contributed by atoms with Gasteiger partial charge in [0, 0.05) is 32.2 Å². The predicted molar refractivity (Wildman–Crippen MR) is 85.1 cm³/mol. The van der Waals surface area contributed by atoms with Crippen LogP contribution >= 0.6 is 0 Å². The standard InChI is InChI=1S/C16H19N5O3/c1-17-16(23)12-2-3-13(19-8-12)14-9-21(6-7-24-14)15(22)10-20-5-4-18-11-20/h2-5,8,11,14H,6-7,9-10H2,1H3,(H,17,23). The van der Waals surface area contributed by atoms with E-state index < -0.39 is 0 Å². The van der Waals surface area contributed by atoms with Crippen molar-refractivity contribution in [3.8, 4) is 0 Å². The third kappa shape index (κ3) is 3.60. The van der Waals surface area contributed by atoms with Gasteiger partial charge in [-0.2, -0.15) is 0 Å². The van der Waals surface area contributed by atoms with E-state index in [2.05, 4.69) is 15.3 Å². The number of morpholine rings is 1. The number of hydrogen-bond donors (Lipinski definition) is 1. The van der Waals surface area contributed by atoms with Gasteiger partial charge in [0.25, 0.3) is 5.91 Å². The van der Waals surface area contributed by atoms with E-state index in [0.29, 0.717) is 31.0 Å². The molecule has 0 aromatic carbocycles. The quantitative estimate of drug-likeness (QED) is 0.868. The van der Waals surface area contributed by atoms with Crippen LogP contribution in [0.5, 0.6) is 0 Å². The number of amides is 2. The zero-order valence-electron chi connectivity index (χ0n) is 13.4. The Morgan fingerprint density at radius 1 is 1.42 bits per heavy atom. The molecule has 3 heterocycles. The van der Waals surface area contributed by atoms with Crippen molar-refractivity contribution in [2.24, 2.45) is 0 Å². The molecule has 3 rings (SSSR count). The Hall–Kier alpha value is -2.74. The number of nitrogens with one attached hydrogen (secondary N) is 1. The summed E-state index contributed by atoms with van der Waals surface area (Å²) in [6, 6.07) is 3.47. The molecule has 1 aliphatic heterocycles. The summed E-state index contributed by atoms with van der Waals surface area (Å²) in [4.78, 5) is 33.9. The van der Waals surface area contributed by atoms with Gasteiger partial charge in [-0.15, -0.1) is 0 Å². The maximum atomic E-state index is 12.4. The summed E-state index contributed by atoms with van der Waals surface area (Å²) < 4.78 is 7.47. The van der Waals surface area contributed by atoms with Gasteiger partial charge in [0.2, 0.25) is 5.91 Å². The van der Waals surface area contributed by atoms with Crippen LogP contribution < -0.4 is 5.32 Å². The van der Waals surface area contributed by atoms with E-state index in [1.165, 1.54) is 6.20 Å². The second kappa shape index (κ2) is 7.22. The number of nitrogens with zero attached hydrogens (tertiary/aromatic N) is 4. The maximum absolute atomic E-state index is 12.4. The van der Waals surface area contributed by atoms with E-state index in [1.54, 1.807) is 47.4 Å². The van der Waals surface area contributed by atoms with Gasteiger partial charge in [-0.3, -0.25) is 14.6 Å². The van der Waals surface area contributed by atoms with E-state index in [0.717, 1.165) is 0 Å². The van der Waals surface area contributed by atoms with E-state index in [-0.39, 0.29) is 24.5 Å². The van der Waals surface area contributed by atoms with Gasteiger partial charge in [0.1, 0.15) is 12.6 Å². The molecule has 8 nitrogen and oxygen atoms in total. The number of pyridine rings is 1. The Balaban J connectivity index is 1.64. The average Bonchev–Trinajstić information content (AvgIpc) is 3.14. The molecule has 1 N–H and O–H groups in total. The Morgan fingerprint density at radius 2 is 2.29 bits per heavy atom. The van der Waals surface area contributed by atoms with Crippen LogP contribution in [0.2, 0.25) is 0 Å². The van der Waals surface area contributed by atoms with Crippen molar-refractivity contribution in [2.45, 2.75) is 12.6 Å². The highest BCUT2D eigenvalue weighted by Crippen LogP contribution is 2.21. The molecule has 0 spiro atoms. The summed E-state index contributed by atoms with van der Waals surface area (Å²) in [6.45, 7) is 1.72. The summed E-state index contributed by atoms with van der Waals surface area (Å²) in [5.74, 6) is -0.168. The van der Waals surface area contributed by atoms with E-state index in [4.69, 9.17) is 4.74 Å². The lowest BCUT2D eigenvalue weighted by molar-refractivity contribution is -0.139. The molecule has 1 saturated heterocycles. The van der Waals surface area contributed by atoms with Crippen LogP contribution in [0.15, 0.2) is 37.1 Å². The van der Waals surface area contributed by atoms with Crippen molar-refractivity contribution >= 4 is 11.8 Å². The first-order valence-electron chi connectivity index (χ1n) is 7.70. The summed E-state index contributed by atoms with van der Waals surface area (Å²) in [7, 11) is 1.57. The number of carbonyl (C=O) groups excluding carboxylic acids is 2. The highest BCUT2D eigenvalue weighted by atomic mass is 16.5. The molecule has 126 valence electrons. The molecule has 1 fully saturated rings. The Labute approximate surface area is 139 Å². The van der Waals surface area contributed by atoms with Gasteiger partial charge in [0.05, 0.1) is 30.7 Å². The first kappa shape index (κ1) is 16.1. The summed E-state index contributed by atoms with van der Waals surface area (Å²) in [5.41, 5.74) is 1.20.